The Bertz CT molecular complexity index is 836. The second-order valence-electron chi connectivity index (χ2n) is 11.1. The normalized spacial score (nSPS) is 51.4. The van der Waals surface area contributed by atoms with Gasteiger partial charge in [0.2, 0.25) is 0 Å². The third-order valence-corrected chi connectivity index (χ3v) is 9.75. The van der Waals surface area contributed by atoms with Crippen molar-refractivity contribution in [3.63, 3.8) is 0 Å². The number of carbonyl (C=O) groups is 1. The molecule has 2 N–H and O–H groups in total. The Balaban J connectivity index is 1.57. The van der Waals surface area contributed by atoms with Crippen molar-refractivity contribution in [2.24, 2.45) is 28.6 Å². The topological polar surface area (TPSA) is 85.2 Å². The standard InChI is InChI=1S/C26H38O6/c1-5-6-22-31-21-12-18-17-8-7-15-11-16(28)9-10-24(15,2)23(17)19(30-4)13-25(18,3)26(21,32-22)20(29)14-27/h9-11,16-19,21-23,27-28H,5-8,12-14H2,1-4H3/t16?,17-,18-,19-,21+,22?,23+,24-,25-,26+/m0/s1. The number of rotatable bonds is 5. The van der Waals surface area contributed by atoms with E-state index in [0.717, 1.165) is 32.1 Å². The van der Waals surface area contributed by atoms with Crippen LogP contribution in [-0.4, -0.2) is 59.9 Å². The van der Waals surface area contributed by atoms with Crippen LogP contribution in [0.15, 0.2) is 23.8 Å². The van der Waals surface area contributed by atoms with Crippen LogP contribution in [0, 0.1) is 28.6 Å². The van der Waals surface area contributed by atoms with Crippen molar-refractivity contribution >= 4 is 5.78 Å². The first-order chi connectivity index (χ1) is 15.2. The molecular weight excluding hydrogens is 408 g/mol. The maximum atomic E-state index is 13.4. The number of hydrogen-bond donors (Lipinski definition) is 2. The summed E-state index contributed by atoms with van der Waals surface area (Å²) in [7, 11) is 1.77. The zero-order valence-corrected chi connectivity index (χ0v) is 19.8. The van der Waals surface area contributed by atoms with E-state index >= 15 is 0 Å². The Morgan fingerprint density at radius 2 is 2.12 bits per heavy atom. The zero-order chi connectivity index (χ0) is 22.9. The maximum Gasteiger partial charge on any atom is 0.193 e. The van der Waals surface area contributed by atoms with E-state index < -0.39 is 30.0 Å². The molecule has 5 aliphatic rings. The van der Waals surface area contributed by atoms with Gasteiger partial charge in [0.1, 0.15) is 6.61 Å². The Morgan fingerprint density at radius 3 is 2.81 bits per heavy atom. The van der Waals surface area contributed by atoms with E-state index in [4.69, 9.17) is 14.2 Å². The van der Waals surface area contributed by atoms with E-state index in [1.165, 1.54) is 5.57 Å². The quantitative estimate of drug-likeness (QED) is 0.631. The molecule has 4 fully saturated rings. The van der Waals surface area contributed by atoms with Crippen molar-refractivity contribution in [2.75, 3.05) is 13.7 Å². The van der Waals surface area contributed by atoms with E-state index in [-0.39, 0.29) is 35.2 Å². The molecule has 1 heterocycles. The van der Waals surface area contributed by atoms with Crippen LogP contribution < -0.4 is 0 Å². The van der Waals surface area contributed by atoms with Gasteiger partial charge in [-0.15, -0.1) is 0 Å². The molecule has 0 aromatic heterocycles. The molecule has 0 bridgehead atoms. The molecule has 6 heteroatoms. The molecule has 1 saturated heterocycles. The highest BCUT2D eigenvalue weighted by atomic mass is 16.7. The molecule has 0 spiro atoms. The number of hydrogen-bond acceptors (Lipinski definition) is 6. The molecule has 32 heavy (non-hydrogen) atoms. The minimum atomic E-state index is -1.11. The second-order valence-corrected chi connectivity index (χ2v) is 11.1. The number of ketones is 1. The van der Waals surface area contributed by atoms with Crippen LogP contribution in [-0.2, 0) is 19.0 Å². The first-order valence-electron chi connectivity index (χ1n) is 12.3. The molecule has 10 atom stereocenters. The van der Waals surface area contributed by atoms with Gasteiger partial charge in [-0.2, -0.15) is 0 Å². The van der Waals surface area contributed by atoms with E-state index in [0.29, 0.717) is 12.3 Å². The predicted octanol–water partition coefficient (Wildman–Crippen LogP) is 3.16. The van der Waals surface area contributed by atoms with Crippen molar-refractivity contribution in [1.29, 1.82) is 0 Å². The average molecular weight is 447 g/mol. The third-order valence-electron chi connectivity index (χ3n) is 9.75. The van der Waals surface area contributed by atoms with E-state index in [1.807, 2.05) is 12.2 Å². The molecule has 1 aliphatic heterocycles. The van der Waals surface area contributed by atoms with Crippen LogP contribution in [0.1, 0.15) is 59.3 Å². The summed E-state index contributed by atoms with van der Waals surface area (Å²) in [6, 6.07) is 0. The number of ether oxygens (including phenoxy) is 3. The van der Waals surface area contributed by atoms with Crippen molar-refractivity contribution < 1.29 is 29.2 Å². The van der Waals surface area contributed by atoms with Gasteiger partial charge in [-0.05, 0) is 43.9 Å². The zero-order valence-electron chi connectivity index (χ0n) is 19.8. The maximum absolute atomic E-state index is 13.4. The first kappa shape index (κ1) is 22.7. The fraction of sp³-hybridized carbons (Fsp3) is 0.808. The monoisotopic (exact) mass is 446 g/mol. The summed E-state index contributed by atoms with van der Waals surface area (Å²) in [4.78, 5) is 13.4. The molecule has 2 unspecified atom stereocenters. The number of allylic oxidation sites excluding steroid dienone is 2. The van der Waals surface area contributed by atoms with Crippen LogP contribution in [0.2, 0.25) is 0 Å². The molecule has 0 aromatic carbocycles. The highest BCUT2D eigenvalue weighted by molar-refractivity contribution is 5.91. The Labute approximate surface area is 191 Å². The smallest absolute Gasteiger partial charge is 0.193 e. The van der Waals surface area contributed by atoms with Crippen molar-refractivity contribution in [1.82, 2.24) is 0 Å². The lowest BCUT2D eigenvalue weighted by Crippen LogP contribution is -2.63. The van der Waals surface area contributed by atoms with Crippen molar-refractivity contribution in [3.05, 3.63) is 23.8 Å². The van der Waals surface area contributed by atoms with Gasteiger partial charge in [-0.3, -0.25) is 4.79 Å². The summed E-state index contributed by atoms with van der Waals surface area (Å²) in [5, 5.41) is 20.2. The summed E-state index contributed by atoms with van der Waals surface area (Å²) in [5.41, 5.74) is -0.433. The lowest BCUT2D eigenvalue weighted by Gasteiger charge is -2.60. The Morgan fingerprint density at radius 1 is 1.34 bits per heavy atom. The minimum absolute atomic E-state index is 0.0502. The number of carbonyl (C=O) groups excluding carboxylic acids is 1. The highest BCUT2D eigenvalue weighted by Crippen LogP contribution is 2.70. The molecule has 3 saturated carbocycles. The van der Waals surface area contributed by atoms with Gasteiger partial charge in [0.15, 0.2) is 17.7 Å². The minimum Gasteiger partial charge on any atom is -0.388 e. The summed E-state index contributed by atoms with van der Waals surface area (Å²) >= 11 is 0. The van der Waals surface area contributed by atoms with Gasteiger partial charge >= 0.3 is 0 Å². The molecule has 0 radical (unpaired) electrons. The van der Waals surface area contributed by atoms with E-state index in [2.05, 4.69) is 26.8 Å². The molecule has 6 nitrogen and oxygen atoms in total. The lowest BCUT2D eigenvalue weighted by atomic mass is 9.46. The van der Waals surface area contributed by atoms with Crippen LogP contribution in [0.25, 0.3) is 0 Å². The number of fused-ring (bicyclic) bond motifs is 7. The molecule has 5 rings (SSSR count). The van der Waals surface area contributed by atoms with E-state index in [9.17, 15) is 15.0 Å². The van der Waals surface area contributed by atoms with Crippen LogP contribution in [0.4, 0.5) is 0 Å². The first-order valence-corrected chi connectivity index (χ1v) is 12.3. The van der Waals surface area contributed by atoms with E-state index in [1.54, 1.807) is 7.11 Å². The van der Waals surface area contributed by atoms with Gasteiger partial charge in [0.25, 0.3) is 0 Å². The SMILES string of the molecule is CCCC1O[C@@H]2C[C@H]3[C@@H]4CCC5=CC(O)C=C[C@]5(C)[C@H]4[C@@H](OC)C[C@]3(C)[C@]2(C(=O)CO)O1. The number of aliphatic hydroxyl groups is 2. The van der Waals surface area contributed by atoms with Crippen molar-refractivity contribution in [2.45, 2.75) is 89.5 Å². The Kier molecular flexibility index (Phi) is 5.50. The van der Waals surface area contributed by atoms with Crippen LogP contribution in [0.5, 0.6) is 0 Å². The highest BCUT2D eigenvalue weighted by Gasteiger charge is 2.75. The van der Waals surface area contributed by atoms with Gasteiger partial charge in [-0.1, -0.05) is 51.0 Å². The van der Waals surface area contributed by atoms with Gasteiger partial charge in [0.05, 0.1) is 18.3 Å². The number of aliphatic hydroxyl groups excluding tert-OH is 2. The third kappa shape index (κ3) is 2.80. The fourth-order valence-corrected chi connectivity index (χ4v) is 8.43. The number of methoxy groups -OCH3 is 1. The van der Waals surface area contributed by atoms with Gasteiger partial charge < -0.3 is 24.4 Å². The molecule has 0 amide bonds. The van der Waals surface area contributed by atoms with Gasteiger partial charge in [-0.25, -0.2) is 0 Å². The Hall–Kier alpha value is -1.05. The lowest BCUT2D eigenvalue weighted by molar-refractivity contribution is -0.203. The summed E-state index contributed by atoms with van der Waals surface area (Å²) < 4.78 is 19.0. The van der Waals surface area contributed by atoms with Crippen LogP contribution >= 0.6 is 0 Å². The summed E-state index contributed by atoms with van der Waals surface area (Å²) in [6.45, 7) is 6.01. The molecule has 4 aliphatic carbocycles. The summed E-state index contributed by atoms with van der Waals surface area (Å²) in [6.07, 6.45) is 9.89. The largest absolute Gasteiger partial charge is 0.388 e. The number of Topliss-reactive ketones (excluding diaryl/α,β-unsaturated/α-hetero) is 1. The average Bonchev–Trinajstić information content (AvgIpc) is 3.25. The fourth-order valence-electron chi connectivity index (χ4n) is 8.43. The second kappa shape index (κ2) is 7.74. The summed E-state index contributed by atoms with van der Waals surface area (Å²) in [5.74, 6) is 0.621. The predicted molar refractivity (Wildman–Crippen MR) is 119 cm³/mol. The van der Waals surface area contributed by atoms with Crippen LogP contribution in [0.3, 0.4) is 0 Å². The molecule has 0 aromatic rings. The molecule has 178 valence electrons. The van der Waals surface area contributed by atoms with Crippen molar-refractivity contribution in [3.8, 4) is 0 Å². The van der Waals surface area contributed by atoms with Gasteiger partial charge in [0, 0.05) is 23.9 Å². The molecular formula is C26H38O6.